The van der Waals surface area contributed by atoms with Crippen molar-refractivity contribution in [1.82, 2.24) is 9.55 Å². The Kier molecular flexibility index (Phi) is 3.61. The Morgan fingerprint density at radius 3 is 2.55 bits per heavy atom. The number of hydrogen-bond acceptors (Lipinski definition) is 7. The van der Waals surface area contributed by atoms with Gasteiger partial charge in [-0.3, -0.25) is 9.78 Å². The standard InChI is InChI=1S/C10H13N3O7/c1-11-3-2-4(14)12-10(19)13(3)8-6(16)5(15)7(20-8)9(17)18/h2,5-8,11,15-16H,1H3,(H,17,18)(H,12,14,19)/t5-,6+,7-,8+/m0/s1. The molecule has 10 heteroatoms. The minimum atomic E-state index is -1.69. The lowest BCUT2D eigenvalue weighted by Crippen LogP contribution is -2.39. The third-order valence-electron chi connectivity index (χ3n) is 2.97. The van der Waals surface area contributed by atoms with Gasteiger partial charge in [0.2, 0.25) is 0 Å². The molecule has 5 N–H and O–H groups in total. The van der Waals surface area contributed by atoms with Crippen LogP contribution in [0.3, 0.4) is 0 Å². The largest absolute Gasteiger partial charge is 0.479 e. The Labute approximate surface area is 111 Å². The number of aliphatic hydroxyl groups is 2. The predicted molar refractivity (Wildman–Crippen MR) is 64.4 cm³/mol. The molecular weight excluding hydrogens is 274 g/mol. The molecule has 1 aromatic heterocycles. The van der Waals surface area contributed by atoms with Gasteiger partial charge in [0.15, 0.2) is 12.3 Å². The molecule has 20 heavy (non-hydrogen) atoms. The Bertz CT molecular complexity index is 636. The van der Waals surface area contributed by atoms with E-state index >= 15 is 0 Å². The van der Waals surface area contributed by atoms with E-state index in [0.717, 1.165) is 10.6 Å². The fourth-order valence-corrected chi connectivity index (χ4v) is 2.03. The number of aliphatic hydroxyl groups excluding tert-OH is 2. The molecule has 0 unspecified atom stereocenters. The van der Waals surface area contributed by atoms with Crippen molar-refractivity contribution in [2.45, 2.75) is 24.5 Å². The fraction of sp³-hybridized carbons (Fsp3) is 0.500. The first kappa shape index (κ1) is 14.2. The van der Waals surface area contributed by atoms with Gasteiger partial charge in [-0.15, -0.1) is 0 Å². The zero-order chi connectivity index (χ0) is 15.0. The van der Waals surface area contributed by atoms with Gasteiger partial charge in [-0.05, 0) is 0 Å². The summed E-state index contributed by atoms with van der Waals surface area (Å²) in [5.41, 5.74) is -1.57. The summed E-state index contributed by atoms with van der Waals surface area (Å²) in [6, 6.07) is 1.04. The molecule has 0 saturated carbocycles. The Morgan fingerprint density at radius 1 is 1.40 bits per heavy atom. The monoisotopic (exact) mass is 287 g/mol. The molecule has 1 aliphatic rings. The number of anilines is 1. The molecule has 0 radical (unpaired) electrons. The van der Waals surface area contributed by atoms with Crippen LogP contribution in [0.5, 0.6) is 0 Å². The molecule has 4 atom stereocenters. The maximum absolute atomic E-state index is 11.8. The predicted octanol–water partition coefficient (Wildman–Crippen LogP) is -2.72. The SMILES string of the molecule is CNc1cc(=O)[nH]c(=O)n1[C@@H]1O[C@H](C(=O)O)[C@@H](O)[C@H]1O. The fourth-order valence-electron chi connectivity index (χ4n) is 2.03. The van der Waals surface area contributed by atoms with Gasteiger partial charge in [0.05, 0.1) is 0 Å². The molecule has 1 saturated heterocycles. The number of nitrogens with one attached hydrogen (secondary N) is 2. The van der Waals surface area contributed by atoms with Gasteiger partial charge < -0.3 is 25.4 Å². The van der Waals surface area contributed by atoms with E-state index in [0.29, 0.717) is 0 Å². The molecule has 0 spiro atoms. The zero-order valence-corrected chi connectivity index (χ0v) is 10.3. The number of hydrogen-bond donors (Lipinski definition) is 5. The minimum absolute atomic E-state index is 0.0149. The number of aromatic nitrogens is 2. The molecular formula is C10H13N3O7. The van der Waals surface area contributed by atoms with E-state index in [1.54, 1.807) is 0 Å². The quantitative estimate of drug-likeness (QED) is 0.402. The second-order valence-electron chi connectivity index (χ2n) is 4.21. The molecule has 1 fully saturated rings. The van der Waals surface area contributed by atoms with Crippen LogP contribution >= 0.6 is 0 Å². The van der Waals surface area contributed by atoms with Crippen LogP contribution in [0.4, 0.5) is 5.82 Å². The van der Waals surface area contributed by atoms with Gasteiger partial charge in [-0.1, -0.05) is 0 Å². The number of aliphatic carboxylic acids is 1. The molecule has 1 aromatic rings. The number of nitrogens with zero attached hydrogens (tertiary/aromatic N) is 1. The van der Waals surface area contributed by atoms with Crippen molar-refractivity contribution in [1.29, 1.82) is 0 Å². The topological polar surface area (TPSA) is 154 Å². The lowest BCUT2D eigenvalue weighted by atomic mass is 10.1. The summed E-state index contributed by atoms with van der Waals surface area (Å²) in [4.78, 5) is 35.8. The van der Waals surface area contributed by atoms with E-state index in [1.807, 2.05) is 4.98 Å². The highest BCUT2D eigenvalue weighted by Gasteiger charge is 2.48. The normalized spacial score (nSPS) is 29.4. The number of aromatic amines is 1. The summed E-state index contributed by atoms with van der Waals surface area (Å²) in [5.74, 6) is -1.46. The van der Waals surface area contributed by atoms with Crippen molar-refractivity contribution < 1.29 is 24.9 Å². The number of rotatable bonds is 3. The molecule has 1 aliphatic heterocycles. The van der Waals surface area contributed by atoms with Crippen LogP contribution in [0, 0.1) is 0 Å². The zero-order valence-electron chi connectivity index (χ0n) is 10.3. The van der Waals surface area contributed by atoms with Crippen molar-refractivity contribution in [3.63, 3.8) is 0 Å². The van der Waals surface area contributed by atoms with Crippen molar-refractivity contribution in [2.24, 2.45) is 0 Å². The van der Waals surface area contributed by atoms with Gasteiger partial charge in [-0.25, -0.2) is 14.2 Å². The minimum Gasteiger partial charge on any atom is -0.479 e. The lowest BCUT2D eigenvalue weighted by Gasteiger charge is -2.20. The van der Waals surface area contributed by atoms with Crippen LogP contribution in [-0.2, 0) is 9.53 Å². The molecule has 0 aromatic carbocycles. The van der Waals surface area contributed by atoms with Crippen LogP contribution in [0.2, 0.25) is 0 Å². The molecule has 0 amide bonds. The van der Waals surface area contributed by atoms with Gasteiger partial charge in [0.1, 0.15) is 18.0 Å². The van der Waals surface area contributed by atoms with E-state index in [1.165, 1.54) is 7.05 Å². The molecule has 0 aliphatic carbocycles. The van der Waals surface area contributed by atoms with Gasteiger partial charge in [0, 0.05) is 13.1 Å². The number of ether oxygens (including phenoxy) is 1. The van der Waals surface area contributed by atoms with Gasteiger partial charge in [0.25, 0.3) is 5.56 Å². The highest BCUT2D eigenvalue weighted by Crippen LogP contribution is 2.30. The first-order chi connectivity index (χ1) is 9.36. The molecule has 10 nitrogen and oxygen atoms in total. The van der Waals surface area contributed by atoms with Crippen LogP contribution in [-0.4, -0.2) is 56.2 Å². The van der Waals surface area contributed by atoms with E-state index in [4.69, 9.17) is 9.84 Å². The summed E-state index contributed by atoms with van der Waals surface area (Å²) >= 11 is 0. The van der Waals surface area contributed by atoms with Crippen LogP contribution < -0.4 is 16.6 Å². The lowest BCUT2D eigenvalue weighted by molar-refractivity contribution is -0.155. The smallest absolute Gasteiger partial charge is 0.335 e. The summed E-state index contributed by atoms with van der Waals surface area (Å²) in [7, 11) is 1.43. The van der Waals surface area contributed by atoms with Crippen molar-refractivity contribution in [3.8, 4) is 0 Å². The second-order valence-corrected chi connectivity index (χ2v) is 4.21. The summed E-state index contributed by atoms with van der Waals surface area (Å²) in [6.07, 6.45) is -6.43. The highest BCUT2D eigenvalue weighted by molar-refractivity contribution is 5.73. The summed E-state index contributed by atoms with van der Waals surface area (Å²) < 4.78 is 5.83. The summed E-state index contributed by atoms with van der Waals surface area (Å²) in [5, 5.41) is 30.8. The average molecular weight is 287 g/mol. The van der Waals surface area contributed by atoms with Crippen LogP contribution in [0.25, 0.3) is 0 Å². The average Bonchev–Trinajstić information content (AvgIpc) is 2.66. The summed E-state index contributed by atoms with van der Waals surface area (Å²) in [6.45, 7) is 0. The van der Waals surface area contributed by atoms with E-state index in [9.17, 15) is 24.6 Å². The van der Waals surface area contributed by atoms with E-state index in [2.05, 4.69) is 5.32 Å². The van der Waals surface area contributed by atoms with E-state index in [-0.39, 0.29) is 5.82 Å². The van der Waals surface area contributed by atoms with E-state index < -0.39 is 41.8 Å². The number of carboxylic acid groups (broad SMARTS) is 1. The third kappa shape index (κ3) is 2.19. The second kappa shape index (κ2) is 5.07. The number of carbonyl (C=O) groups is 1. The molecule has 0 bridgehead atoms. The molecule has 110 valence electrons. The Hall–Kier alpha value is -2.17. The Morgan fingerprint density at radius 2 is 2.05 bits per heavy atom. The molecule has 2 heterocycles. The van der Waals surface area contributed by atoms with Crippen molar-refractivity contribution in [2.75, 3.05) is 12.4 Å². The third-order valence-corrected chi connectivity index (χ3v) is 2.97. The van der Waals surface area contributed by atoms with Crippen molar-refractivity contribution in [3.05, 3.63) is 26.9 Å². The number of H-pyrrole nitrogens is 1. The first-order valence-electron chi connectivity index (χ1n) is 5.65. The molecule has 2 rings (SSSR count). The highest BCUT2D eigenvalue weighted by atomic mass is 16.6. The van der Waals surface area contributed by atoms with Gasteiger partial charge in [-0.2, -0.15) is 0 Å². The first-order valence-corrected chi connectivity index (χ1v) is 5.65. The van der Waals surface area contributed by atoms with Gasteiger partial charge >= 0.3 is 11.7 Å². The van der Waals surface area contributed by atoms with Crippen molar-refractivity contribution >= 4 is 11.8 Å². The Balaban J connectivity index is 2.50. The number of carboxylic acids is 1. The van der Waals surface area contributed by atoms with Crippen LogP contribution in [0.15, 0.2) is 15.7 Å². The van der Waals surface area contributed by atoms with Crippen LogP contribution in [0.1, 0.15) is 6.23 Å². The maximum atomic E-state index is 11.8. The maximum Gasteiger partial charge on any atom is 0.335 e.